The van der Waals surface area contributed by atoms with Crippen molar-refractivity contribution in [3.05, 3.63) is 24.4 Å². The molecule has 1 nitrogen and oxygen atoms in total. The predicted molar refractivity (Wildman–Crippen MR) is 72.2 cm³/mol. The summed E-state index contributed by atoms with van der Waals surface area (Å²) in [5.41, 5.74) is 0.131. The molecule has 0 spiro atoms. The fourth-order valence-electron chi connectivity index (χ4n) is 1.54. The van der Waals surface area contributed by atoms with E-state index in [4.69, 9.17) is 0 Å². The summed E-state index contributed by atoms with van der Waals surface area (Å²) in [6.07, 6.45) is 13.0. The fraction of sp³-hybridized carbons (Fsp3) is 0.583. The molecule has 0 bridgehead atoms. The number of halogens is 1. The highest BCUT2D eigenvalue weighted by atomic mass is 127. The van der Waals surface area contributed by atoms with E-state index in [1.54, 1.807) is 0 Å². The quantitative estimate of drug-likeness (QED) is 0.413. The maximum Gasteiger partial charge on any atom is 0.0570 e. The molecule has 0 N–H and O–H groups in total. The lowest BCUT2D eigenvalue weighted by Gasteiger charge is -2.23. The van der Waals surface area contributed by atoms with Gasteiger partial charge in [0.2, 0.25) is 0 Å². The van der Waals surface area contributed by atoms with Crippen LogP contribution in [0, 0.1) is 5.41 Å². The summed E-state index contributed by atoms with van der Waals surface area (Å²) in [6.45, 7) is 6.64. The largest absolute Gasteiger partial charge is 0.268 e. The van der Waals surface area contributed by atoms with Crippen molar-refractivity contribution in [2.45, 2.75) is 37.0 Å². The topological polar surface area (TPSA) is 12.4 Å². The number of aliphatic imine (C=N–C) groups is 1. The number of hydrogen-bond acceptors (Lipinski definition) is 1. The average Bonchev–Trinajstić information content (AvgIpc) is 2.09. The zero-order chi connectivity index (χ0) is 10.7. The van der Waals surface area contributed by atoms with E-state index in [1.807, 2.05) is 6.20 Å². The first kappa shape index (κ1) is 12.0. The molecule has 0 aromatic rings. The van der Waals surface area contributed by atoms with Crippen molar-refractivity contribution in [3.8, 4) is 0 Å². The highest BCUT2D eigenvalue weighted by molar-refractivity contribution is 14.1. The zero-order valence-corrected chi connectivity index (χ0v) is 11.3. The minimum atomic E-state index is 0.102. The van der Waals surface area contributed by atoms with Crippen molar-refractivity contribution in [2.24, 2.45) is 10.4 Å². The van der Waals surface area contributed by atoms with E-state index >= 15 is 0 Å². The Labute approximate surface area is 101 Å². The van der Waals surface area contributed by atoms with Gasteiger partial charge in [-0.3, -0.25) is 4.99 Å². The van der Waals surface area contributed by atoms with Gasteiger partial charge < -0.3 is 0 Å². The van der Waals surface area contributed by atoms with E-state index in [2.05, 4.69) is 72.8 Å². The molecule has 1 aliphatic heterocycles. The van der Waals surface area contributed by atoms with E-state index in [9.17, 15) is 0 Å². The van der Waals surface area contributed by atoms with Gasteiger partial charge in [-0.15, -0.1) is 0 Å². The minimum Gasteiger partial charge on any atom is -0.268 e. The van der Waals surface area contributed by atoms with Crippen LogP contribution in [-0.2, 0) is 0 Å². The van der Waals surface area contributed by atoms with Gasteiger partial charge in [-0.05, 0) is 19.4 Å². The summed E-state index contributed by atoms with van der Waals surface area (Å²) < 4.78 is 0.102. The number of rotatable bonds is 2. The van der Waals surface area contributed by atoms with Crippen LogP contribution in [0.2, 0.25) is 0 Å². The Morgan fingerprint density at radius 3 is 2.57 bits per heavy atom. The van der Waals surface area contributed by atoms with Gasteiger partial charge in [0.1, 0.15) is 0 Å². The van der Waals surface area contributed by atoms with Gasteiger partial charge >= 0.3 is 0 Å². The molecule has 1 aliphatic rings. The molecule has 0 saturated carbocycles. The lowest BCUT2D eigenvalue weighted by Crippen LogP contribution is -2.18. The molecule has 0 amide bonds. The summed E-state index contributed by atoms with van der Waals surface area (Å²) in [7, 11) is 0. The highest BCUT2D eigenvalue weighted by Crippen LogP contribution is 2.29. The molecule has 0 aromatic heterocycles. The molecule has 0 aromatic carbocycles. The normalized spacial score (nSPS) is 41.4. The van der Waals surface area contributed by atoms with Crippen LogP contribution in [0.25, 0.3) is 0 Å². The van der Waals surface area contributed by atoms with Crippen molar-refractivity contribution in [2.75, 3.05) is 0 Å². The molecule has 14 heavy (non-hydrogen) atoms. The van der Waals surface area contributed by atoms with Crippen LogP contribution >= 0.6 is 22.6 Å². The molecule has 1 heterocycles. The Hall–Kier alpha value is -0.120. The first-order valence-electron chi connectivity index (χ1n) is 5.09. The van der Waals surface area contributed by atoms with Gasteiger partial charge in [-0.25, -0.2) is 0 Å². The third-order valence-corrected chi connectivity index (χ3v) is 3.15. The van der Waals surface area contributed by atoms with Crippen LogP contribution < -0.4 is 0 Å². The highest BCUT2D eigenvalue weighted by Gasteiger charge is 2.21. The van der Waals surface area contributed by atoms with E-state index in [-0.39, 0.29) is 8.84 Å². The second-order valence-corrected chi connectivity index (χ2v) is 6.66. The second kappa shape index (κ2) is 4.60. The van der Waals surface area contributed by atoms with Crippen LogP contribution in [0.3, 0.4) is 0 Å². The molecular weight excluding hydrogens is 285 g/mol. The lowest BCUT2D eigenvalue weighted by atomic mass is 9.85. The van der Waals surface area contributed by atoms with E-state index in [1.165, 1.54) is 6.42 Å². The van der Waals surface area contributed by atoms with Crippen molar-refractivity contribution in [1.82, 2.24) is 0 Å². The molecular formula is C12H18IN. The van der Waals surface area contributed by atoms with Crippen LogP contribution in [0.4, 0.5) is 0 Å². The molecule has 1 rings (SSSR count). The van der Waals surface area contributed by atoms with E-state index in [0.29, 0.717) is 0 Å². The predicted octanol–water partition coefficient (Wildman–Crippen LogP) is 4.14. The fourth-order valence-corrected chi connectivity index (χ4v) is 1.88. The number of alkyl halides is 1. The monoisotopic (exact) mass is 303 g/mol. The molecule has 0 radical (unpaired) electrons. The number of hydrogen-bond donors (Lipinski definition) is 0. The Morgan fingerprint density at radius 2 is 1.93 bits per heavy atom. The Kier molecular flexibility index (Phi) is 3.93. The Bertz CT molecular complexity index is 276. The van der Waals surface area contributed by atoms with Crippen molar-refractivity contribution in [1.29, 1.82) is 0 Å². The molecule has 2 heteroatoms. The molecule has 0 saturated heterocycles. The van der Waals surface area contributed by atoms with Gasteiger partial charge in [-0.2, -0.15) is 0 Å². The zero-order valence-electron chi connectivity index (χ0n) is 9.13. The summed E-state index contributed by atoms with van der Waals surface area (Å²) >= 11 is 2.43. The standard InChI is InChI=1S/C12H18IN/c1-4-5-11(2)6-7-12(3,13)8-9-14-10-11/h6-10H,4-5H2,1-3H3/b7-6-,9-8-,14-10?. The van der Waals surface area contributed by atoms with Gasteiger partial charge in [0.15, 0.2) is 0 Å². The Morgan fingerprint density at radius 1 is 1.21 bits per heavy atom. The van der Waals surface area contributed by atoms with Crippen LogP contribution in [0.1, 0.15) is 33.6 Å². The average molecular weight is 303 g/mol. The van der Waals surface area contributed by atoms with Crippen LogP contribution in [-0.4, -0.2) is 9.64 Å². The van der Waals surface area contributed by atoms with E-state index in [0.717, 1.165) is 6.42 Å². The second-order valence-electron chi connectivity index (χ2n) is 4.33. The third kappa shape index (κ3) is 3.56. The van der Waals surface area contributed by atoms with Gasteiger partial charge in [0.05, 0.1) is 3.42 Å². The van der Waals surface area contributed by atoms with Crippen LogP contribution in [0.5, 0.6) is 0 Å². The smallest absolute Gasteiger partial charge is 0.0570 e. The molecule has 2 atom stereocenters. The first-order chi connectivity index (χ1) is 6.47. The van der Waals surface area contributed by atoms with E-state index < -0.39 is 0 Å². The summed E-state index contributed by atoms with van der Waals surface area (Å²) in [5, 5.41) is 0. The molecule has 0 aliphatic carbocycles. The SMILES string of the molecule is CCCC1(C)C=N/C=C\C(C)(I)/C=C\1. The van der Waals surface area contributed by atoms with Crippen LogP contribution in [0.15, 0.2) is 29.4 Å². The number of allylic oxidation sites excluding steroid dienone is 3. The number of nitrogens with zero attached hydrogens (tertiary/aromatic N) is 1. The summed E-state index contributed by atoms with van der Waals surface area (Å²) in [6, 6.07) is 0. The lowest BCUT2D eigenvalue weighted by molar-refractivity contribution is 0.538. The van der Waals surface area contributed by atoms with Gasteiger partial charge in [-0.1, -0.05) is 55.0 Å². The van der Waals surface area contributed by atoms with Crippen molar-refractivity contribution < 1.29 is 0 Å². The molecule has 2 unspecified atom stereocenters. The molecule has 0 fully saturated rings. The van der Waals surface area contributed by atoms with Crippen molar-refractivity contribution in [3.63, 3.8) is 0 Å². The van der Waals surface area contributed by atoms with Gasteiger partial charge in [0, 0.05) is 17.8 Å². The summed E-state index contributed by atoms with van der Waals surface area (Å²) in [5.74, 6) is 0. The minimum absolute atomic E-state index is 0.102. The maximum absolute atomic E-state index is 4.34. The van der Waals surface area contributed by atoms with Gasteiger partial charge in [0.25, 0.3) is 0 Å². The summed E-state index contributed by atoms with van der Waals surface area (Å²) in [4.78, 5) is 4.34. The first-order valence-corrected chi connectivity index (χ1v) is 6.17. The maximum atomic E-state index is 4.34. The molecule has 78 valence electrons. The van der Waals surface area contributed by atoms with Crippen molar-refractivity contribution >= 4 is 28.8 Å². The third-order valence-electron chi connectivity index (χ3n) is 2.43. The Balaban J connectivity index is 2.92.